The SMILES string of the molecule is CN=C(NCCc1nnc2n1CCCCC2)NCC(O)c1cc2ccccc2s1.I. The van der Waals surface area contributed by atoms with E-state index in [1.54, 1.807) is 18.4 Å². The molecule has 30 heavy (non-hydrogen) atoms. The zero-order valence-electron chi connectivity index (χ0n) is 17.2. The highest BCUT2D eigenvalue weighted by molar-refractivity contribution is 14.0. The van der Waals surface area contributed by atoms with Crippen LogP contribution in [0.2, 0.25) is 0 Å². The predicted octanol–water partition coefficient (Wildman–Crippen LogP) is 3.28. The smallest absolute Gasteiger partial charge is 0.191 e. The first-order chi connectivity index (χ1) is 14.2. The van der Waals surface area contributed by atoms with Gasteiger partial charge in [0.05, 0.1) is 0 Å². The number of rotatable bonds is 6. The third kappa shape index (κ3) is 5.50. The third-order valence-electron chi connectivity index (χ3n) is 5.29. The molecule has 0 aliphatic carbocycles. The molecule has 162 valence electrons. The molecule has 1 unspecified atom stereocenters. The van der Waals surface area contributed by atoms with Gasteiger partial charge in [-0.15, -0.1) is 45.5 Å². The lowest BCUT2D eigenvalue weighted by Gasteiger charge is -2.14. The number of thiophene rings is 1. The van der Waals surface area contributed by atoms with E-state index in [1.165, 1.54) is 29.3 Å². The highest BCUT2D eigenvalue weighted by Crippen LogP contribution is 2.29. The minimum atomic E-state index is -0.571. The van der Waals surface area contributed by atoms with E-state index >= 15 is 0 Å². The molecule has 3 heterocycles. The zero-order valence-corrected chi connectivity index (χ0v) is 20.3. The summed E-state index contributed by atoms with van der Waals surface area (Å²) < 4.78 is 3.47. The average Bonchev–Trinajstić information content (AvgIpc) is 3.27. The van der Waals surface area contributed by atoms with Gasteiger partial charge >= 0.3 is 0 Å². The Morgan fingerprint density at radius 2 is 2.10 bits per heavy atom. The number of halogens is 1. The number of nitrogens with zero attached hydrogens (tertiary/aromatic N) is 4. The lowest BCUT2D eigenvalue weighted by molar-refractivity contribution is 0.184. The van der Waals surface area contributed by atoms with Crippen molar-refractivity contribution in [3.8, 4) is 0 Å². The van der Waals surface area contributed by atoms with Crippen molar-refractivity contribution < 1.29 is 5.11 Å². The van der Waals surface area contributed by atoms with Gasteiger partial charge in [-0.25, -0.2) is 0 Å². The Morgan fingerprint density at radius 1 is 1.23 bits per heavy atom. The van der Waals surface area contributed by atoms with Gasteiger partial charge in [-0.1, -0.05) is 24.6 Å². The van der Waals surface area contributed by atoms with Gasteiger partial charge < -0.3 is 20.3 Å². The summed E-state index contributed by atoms with van der Waals surface area (Å²) in [6.07, 6.45) is 4.92. The molecule has 3 N–H and O–H groups in total. The van der Waals surface area contributed by atoms with E-state index in [-0.39, 0.29) is 24.0 Å². The molecule has 3 aromatic rings. The molecule has 0 spiro atoms. The van der Waals surface area contributed by atoms with E-state index in [0.29, 0.717) is 12.5 Å². The fourth-order valence-corrected chi connectivity index (χ4v) is 4.75. The van der Waals surface area contributed by atoms with Crippen LogP contribution in [0.15, 0.2) is 35.3 Å². The first-order valence-electron chi connectivity index (χ1n) is 10.3. The van der Waals surface area contributed by atoms with Gasteiger partial charge in [-0.3, -0.25) is 4.99 Å². The molecule has 0 radical (unpaired) electrons. The van der Waals surface area contributed by atoms with Crippen molar-refractivity contribution in [3.05, 3.63) is 46.9 Å². The normalized spacial score (nSPS) is 15.2. The Morgan fingerprint density at radius 3 is 2.93 bits per heavy atom. The molecule has 0 amide bonds. The zero-order chi connectivity index (χ0) is 20.1. The van der Waals surface area contributed by atoms with Gasteiger partial charge in [-0.2, -0.15) is 0 Å². The van der Waals surface area contributed by atoms with Crippen LogP contribution < -0.4 is 10.6 Å². The van der Waals surface area contributed by atoms with Crippen LogP contribution in [0.1, 0.15) is 41.9 Å². The monoisotopic (exact) mass is 540 g/mol. The summed E-state index contributed by atoms with van der Waals surface area (Å²) in [6, 6.07) is 10.2. The van der Waals surface area contributed by atoms with Crippen LogP contribution in [-0.2, 0) is 19.4 Å². The largest absolute Gasteiger partial charge is 0.386 e. The second-order valence-electron chi connectivity index (χ2n) is 7.33. The Kier molecular flexibility index (Phi) is 8.46. The molecule has 0 fully saturated rings. The lowest BCUT2D eigenvalue weighted by atomic mass is 10.2. The van der Waals surface area contributed by atoms with Crippen LogP contribution >= 0.6 is 35.3 Å². The summed E-state index contributed by atoms with van der Waals surface area (Å²) in [6.45, 7) is 2.15. The summed E-state index contributed by atoms with van der Waals surface area (Å²) in [4.78, 5) is 5.22. The van der Waals surface area contributed by atoms with E-state index in [4.69, 9.17) is 0 Å². The second-order valence-corrected chi connectivity index (χ2v) is 8.44. The average molecular weight is 540 g/mol. The number of guanidine groups is 1. The predicted molar refractivity (Wildman–Crippen MR) is 133 cm³/mol. The number of hydrogen-bond donors (Lipinski definition) is 3. The number of benzene rings is 1. The number of hydrogen-bond acceptors (Lipinski definition) is 5. The third-order valence-corrected chi connectivity index (χ3v) is 6.50. The van der Waals surface area contributed by atoms with E-state index in [9.17, 15) is 5.11 Å². The molecule has 0 saturated heterocycles. The van der Waals surface area contributed by atoms with Crippen LogP contribution in [-0.4, -0.2) is 46.0 Å². The van der Waals surface area contributed by atoms with Gasteiger partial charge in [0.2, 0.25) is 0 Å². The minimum Gasteiger partial charge on any atom is -0.386 e. The van der Waals surface area contributed by atoms with Crippen LogP contribution in [0.3, 0.4) is 0 Å². The fraction of sp³-hybridized carbons (Fsp3) is 0.476. The first kappa shape index (κ1) is 23.0. The van der Waals surface area contributed by atoms with E-state index in [0.717, 1.165) is 42.5 Å². The molecule has 1 aliphatic heterocycles. The van der Waals surface area contributed by atoms with E-state index in [1.807, 2.05) is 12.1 Å². The number of aryl methyl sites for hydroxylation is 1. The number of aromatic nitrogens is 3. The van der Waals surface area contributed by atoms with Crippen LogP contribution in [0.25, 0.3) is 10.1 Å². The lowest BCUT2D eigenvalue weighted by Crippen LogP contribution is -2.40. The molecule has 1 aromatic carbocycles. The fourth-order valence-electron chi connectivity index (χ4n) is 3.70. The van der Waals surface area contributed by atoms with Gasteiger partial charge in [0.15, 0.2) is 5.96 Å². The molecule has 1 aliphatic rings. The second kappa shape index (κ2) is 11.1. The Balaban J connectivity index is 0.00000256. The van der Waals surface area contributed by atoms with E-state index in [2.05, 4.69) is 48.6 Å². The number of fused-ring (bicyclic) bond motifs is 2. The molecule has 0 saturated carbocycles. The summed E-state index contributed by atoms with van der Waals surface area (Å²) >= 11 is 1.63. The van der Waals surface area contributed by atoms with Crippen molar-refractivity contribution in [2.75, 3.05) is 20.1 Å². The highest BCUT2D eigenvalue weighted by atomic mass is 127. The summed E-state index contributed by atoms with van der Waals surface area (Å²) in [5.74, 6) is 2.84. The van der Waals surface area contributed by atoms with Gasteiger partial charge in [0, 0.05) is 49.1 Å². The molecule has 1 atom stereocenters. The van der Waals surface area contributed by atoms with Crippen molar-refractivity contribution in [1.29, 1.82) is 0 Å². The van der Waals surface area contributed by atoms with Gasteiger partial charge in [0.1, 0.15) is 17.8 Å². The molecule has 0 bridgehead atoms. The van der Waals surface area contributed by atoms with Crippen molar-refractivity contribution in [3.63, 3.8) is 0 Å². The molecule has 9 heteroatoms. The Bertz CT molecular complexity index is 952. The quantitative estimate of drug-likeness (QED) is 0.254. The number of nitrogens with one attached hydrogen (secondary N) is 2. The molecule has 7 nitrogen and oxygen atoms in total. The topological polar surface area (TPSA) is 87.4 Å². The maximum atomic E-state index is 10.5. The van der Waals surface area contributed by atoms with Gasteiger partial charge in [-0.05, 0) is 30.4 Å². The minimum absolute atomic E-state index is 0. The summed E-state index contributed by atoms with van der Waals surface area (Å²) in [7, 11) is 1.74. The molecule has 4 rings (SSSR count). The standard InChI is InChI=1S/C21H28N6OS.HI/c1-22-21(23-11-10-20-26-25-19-9-3-2-6-12-27(19)20)24-14-16(28)18-13-15-7-4-5-8-17(15)29-18;/h4-5,7-8,13,16,28H,2-3,6,9-12,14H2,1H3,(H2,22,23,24);1H. The summed E-state index contributed by atoms with van der Waals surface area (Å²) in [5.41, 5.74) is 0. The first-order valence-corrected chi connectivity index (χ1v) is 11.1. The number of aliphatic imine (C=N–C) groups is 1. The van der Waals surface area contributed by atoms with Crippen LogP contribution in [0, 0.1) is 0 Å². The number of aliphatic hydroxyl groups excluding tert-OH is 1. The molecule has 2 aromatic heterocycles. The summed E-state index contributed by atoms with van der Waals surface area (Å²) in [5, 5.41) is 27.0. The van der Waals surface area contributed by atoms with Crippen molar-refractivity contribution in [2.24, 2.45) is 4.99 Å². The Labute approximate surface area is 198 Å². The molecular weight excluding hydrogens is 511 g/mol. The number of aliphatic hydroxyl groups is 1. The van der Waals surface area contributed by atoms with Crippen molar-refractivity contribution in [1.82, 2.24) is 25.4 Å². The maximum absolute atomic E-state index is 10.5. The van der Waals surface area contributed by atoms with Crippen LogP contribution in [0.5, 0.6) is 0 Å². The van der Waals surface area contributed by atoms with Crippen LogP contribution in [0.4, 0.5) is 0 Å². The van der Waals surface area contributed by atoms with Gasteiger partial charge in [0.25, 0.3) is 0 Å². The van der Waals surface area contributed by atoms with Crippen molar-refractivity contribution in [2.45, 2.75) is 44.8 Å². The Hall–Kier alpha value is -1.72. The maximum Gasteiger partial charge on any atom is 0.191 e. The highest BCUT2D eigenvalue weighted by Gasteiger charge is 2.15. The molecular formula is C21H29IN6OS. The van der Waals surface area contributed by atoms with Crippen molar-refractivity contribution >= 4 is 51.4 Å². The van der Waals surface area contributed by atoms with E-state index < -0.39 is 6.10 Å².